The number of hydrogen-bond donors (Lipinski definition) is 0. The van der Waals surface area contributed by atoms with Gasteiger partial charge in [0.15, 0.2) is 0 Å². The molecule has 1 aromatic heterocycles. The number of benzene rings is 1. The molecular weight excluding hydrogens is 347 g/mol. The number of nitrogens with zero attached hydrogens (tertiary/aromatic N) is 2. The predicted octanol–water partition coefficient (Wildman–Crippen LogP) is 4.78. The van der Waals surface area contributed by atoms with Crippen LogP contribution in [0.5, 0.6) is 0 Å². The summed E-state index contributed by atoms with van der Waals surface area (Å²) in [7, 11) is 0. The van der Waals surface area contributed by atoms with E-state index >= 15 is 0 Å². The molecule has 1 heterocycles. The summed E-state index contributed by atoms with van der Waals surface area (Å²) >= 11 is 12.2. The number of hydrogen-bond acceptors (Lipinski definition) is 3. The molecule has 0 aliphatic heterocycles. The standard InChI is InChI=1S/C18H22Cl2N2O2/c1-5-24-17(23)10-22-12(4)16(18(21-22)11(2)3)8-13-6-14(19)9-15(20)7-13/h6-7,9,11H,5,8,10H2,1-4H3. The van der Waals surface area contributed by atoms with Gasteiger partial charge in [-0.25, -0.2) is 0 Å². The van der Waals surface area contributed by atoms with E-state index in [1.807, 2.05) is 19.1 Å². The third-order valence-electron chi connectivity index (χ3n) is 3.80. The van der Waals surface area contributed by atoms with E-state index in [1.165, 1.54) is 0 Å². The van der Waals surface area contributed by atoms with Gasteiger partial charge in [-0.15, -0.1) is 0 Å². The van der Waals surface area contributed by atoms with Crippen molar-refractivity contribution in [1.29, 1.82) is 0 Å². The third kappa shape index (κ3) is 4.52. The molecular formula is C18H22Cl2N2O2. The summed E-state index contributed by atoms with van der Waals surface area (Å²) in [5.41, 5.74) is 4.07. The Balaban J connectivity index is 2.37. The van der Waals surface area contributed by atoms with Crippen LogP contribution in [0, 0.1) is 6.92 Å². The number of rotatable bonds is 6. The molecule has 0 spiro atoms. The highest BCUT2D eigenvalue weighted by molar-refractivity contribution is 6.34. The summed E-state index contributed by atoms with van der Waals surface area (Å²) in [5, 5.41) is 5.84. The van der Waals surface area contributed by atoms with E-state index < -0.39 is 0 Å². The van der Waals surface area contributed by atoms with Crippen LogP contribution in [0.25, 0.3) is 0 Å². The lowest BCUT2D eigenvalue weighted by molar-refractivity contribution is -0.144. The Labute approximate surface area is 152 Å². The molecule has 1 aromatic carbocycles. The van der Waals surface area contributed by atoms with Crippen molar-refractivity contribution >= 4 is 29.2 Å². The second-order valence-corrected chi connectivity index (χ2v) is 6.89. The van der Waals surface area contributed by atoms with Crippen molar-refractivity contribution in [1.82, 2.24) is 9.78 Å². The van der Waals surface area contributed by atoms with Crippen LogP contribution < -0.4 is 0 Å². The average Bonchev–Trinajstić information content (AvgIpc) is 2.76. The second kappa shape index (κ2) is 8.04. The Morgan fingerprint density at radius 2 is 1.88 bits per heavy atom. The van der Waals surface area contributed by atoms with E-state index in [0.29, 0.717) is 23.1 Å². The molecule has 0 saturated carbocycles. The second-order valence-electron chi connectivity index (χ2n) is 6.02. The minimum Gasteiger partial charge on any atom is -0.465 e. The topological polar surface area (TPSA) is 44.1 Å². The van der Waals surface area contributed by atoms with E-state index in [4.69, 9.17) is 27.9 Å². The van der Waals surface area contributed by atoms with E-state index in [2.05, 4.69) is 18.9 Å². The molecule has 0 amide bonds. The first kappa shape index (κ1) is 18.8. The Morgan fingerprint density at radius 1 is 1.25 bits per heavy atom. The van der Waals surface area contributed by atoms with Crippen LogP contribution in [0.15, 0.2) is 18.2 Å². The molecule has 0 fully saturated rings. The summed E-state index contributed by atoms with van der Waals surface area (Å²) in [6, 6.07) is 5.52. The van der Waals surface area contributed by atoms with Crippen molar-refractivity contribution in [2.24, 2.45) is 0 Å². The van der Waals surface area contributed by atoms with Crippen molar-refractivity contribution in [2.75, 3.05) is 6.61 Å². The molecule has 0 atom stereocenters. The molecule has 6 heteroatoms. The monoisotopic (exact) mass is 368 g/mol. The predicted molar refractivity (Wildman–Crippen MR) is 97.0 cm³/mol. The lowest BCUT2D eigenvalue weighted by Gasteiger charge is -2.08. The van der Waals surface area contributed by atoms with Gasteiger partial charge in [-0.1, -0.05) is 37.0 Å². The van der Waals surface area contributed by atoms with Crippen molar-refractivity contribution < 1.29 is 9.53 Å². The van der Waals surface area contributed by atoms with E-state index in [0.717, 1.165) is 22.5 Å². The van der Waals surface area contributed by atoms with Crippen molar-refractivity contribution in [3.63, 3.8) is 0 Å². The van der Waals surface area contributed by atoms with Crippen LogP contribution in [0.2, 0.25) is 10.0 Å². The number of ether oxygens (including phenoxy) is 1. The molecule has 24 heavy (non-hydrogen) atoms. The zero-order chi connectivity index (χ0) is 17.9. The van der Waals surface area contributed by atoms with Gasteiger partial charge >= 0.3 is 5.97 Å². The van der Waals surface area contributed by atoms with Crippen LogP contribution >= 0.6 is 23.2 Å². The maximum Gasteiger partial charge on any atom is 0.327 e. The molecule has 4 nitrogen and oxygen atoms in total. The summed E-state index contributed by atoms with van der Waals surface area (Å²) in [6.07, 6.45) is 0.669. The molecule has 2 aromatic rings. The van der Waals surface area contributed by atoms with E-state index in [-0.39, 0.29) is 18.4 Å². The average molecular weight is 369 g/mol. The number of carbonyl (C=O) groups excluding carboxylic acids is 1. The van der Waals surface area contributed by atoms with Crippen LogP contribution in [-0.4, -0.2) is 22.4 Å². The highest BCUT2D eigenvalue weighted by Gasteiger charge is 2.19. The molecule has 130 valence electrons. The lowest BCUT2D eigenvalue weighted by atomic mass is 9.98. The van der Waals surface area contributed by atoms with Crippen molar-refractivity contribution in [2.45, 2.75) is 46.6 Å². The summed E-state index contributed by atoms with van der Waals surface area (Å²) in [5.74, 6) is -0.0347. The van der Waals surface area contributed by atoms with Gasteiger partial charge in [-0.2, -0.15) is 5.10 Å². The first-order chi connectivity index (χ1) is 11.3. The van der Waals surface area contributed by atoms with Crippen molar-refractivity contribution in [3.8, 4) is 0 Å². The van der Waals surface area contributed by atoms with Crippen LogP contribution in [0.4, 0.5) is 0 Å². The van der Waals surface area contributed by atoms with E-state index in [9.17, 15) is 4.79 Å². The summed E-state index contributed by atoms with van der Waals surface area (Å²) < 4.78 is 6.74. The smallest absolute Gasteiger partial charge is 0.327 e. The number of aromatic nitrogens is 2. The molecule has 2 rings (SSSR count). The summed E-state index contributed by atoms with van der Waals surface area (Å²) in [4.78, 5) is 11.8. The fraction of sp³-hybridized carbons (Fsp3) is 0.444. The van der Waals surface area contributed by atoms with Crippen molar-refractivity contribution in [3.05, 3.63) is 50.8 Å². The first-order valence-electron chi connectivity index (χ1n) is 7.98. The van der Waals surface area contributed by atoms with Crippen LogP contribution in [-0.2, 0) is 22.5 Å². The van der Waals surface area contributed by atoms with Gasteiger partial charge < -0.3 is 4.74 Å². The van der Waals surface area contributed by atoms with Gasteiger partial charge in [0.05, 0.1) is 12.3 Å². The normalized spacial score (nSPS) is 11.1. The molecule has 0 aliphatic rings. The zero-order valence-corrected chi connectivity index (χ0v) is 15.9. The SMILES string of the molecule is CCOC(=O)Cn1nc(C(C)C)c(Cc2cc(Cl)cc(Cl)c2)c1C. The Hall–Kier alpha value is -1.52. The van der Waals surface area contributed by atoms with Crippen LogP contribution in [0.3, 0.4) is 0 Å². The maximum atomic E-state index is 11.8. The highest BCUT2D eigenvalue weighted by Crippen LogP contribution is 2.27. The Kier molecular flexibility index (Phi) is 6.30. The maximum absolute atomic E-state index is 11.8. The number of esters is 1. The molecule has 0 radical (unpaired) electrons. The Morgan fingerprint density at radius 3 is 2.42 bits per heavy atom. The molecule has 0 unspecified atom stereocenters. The third-order valence-corrected chi connectivity index (χ3v) is 4.23. The van der Waals surface area contributed by atoms with Gasteiger partial charge in [0.25, 0.3) is 0 Å². The largest absolute Gasteiger partial charge is 0.465 e. The van der Waals surface area contributed by atoms with Gasteiger partial charge in [-0.05, 0) is 43.5 Å². The number of halogens is 2. The van der Waals surface area contributed by atoms with Gasteiger partial charge in [0, 0.05) is 27.7 Å². The zero-order valence-electron chi connectivity index (χ0n) is 14.4. The lowest BCUT2D eigenvalue weighted by Crippen LogP contribution is -2.15. The van der Waals surface area contributed by atoms with Gasteiger partial charge in [-0.3, -0.25) is 9.48 Å². The highest BCUT2D eigenvalue weighted by atomic mass is 35.5. The fourth-order valence-corrected chi connectivity index (χ4v) is 3.26. The first-order valence-corrected chi connectivity index (χ1v) is 8.74. The van der Waals surface area contributed by atoms with Crippen LogP contribution in [0.1, 0.15) is 49.2 Å². The molecule has 0 saturated heterocycles. The number of carbonyl (C=O) groups is 1. The quantitative estimate of drug-likeness (QED) is 0.689. The minimum atomic E-state index is -0.282. The molecule has 0 bridgehead atoms. The van der Waals surface area contributed by atoms with Gasteiger partial charge in [0.1, 0.15) is 6.54 Å². The summed E-state index contributed by atoms with van der Waals surface area (Å²) in [6.45, 7) is 8.43. The van der Waals surface area contributed by atoms with E-state index in [1.54, 1.807) is 17.7 Å². The minimum absolute atomic E-state index is 0.121. The molecule has 0 N–H and O–H groups in total. The Bertz CT molecular complexity index is 719. The fourth-order valence-electron chi connectivity index (χ4n) is 2.69. The molecule has 0 aliphatic carbocycles. The van der Waals surface area contributed by atoms with Gasteiger partial charge in [0.2, 0.25) is 0 Å².